The van der Waals surface area contributed by atoms with Crippen LogP contribution in [0, 0.1) is 33.1 Å². The minimum absolute atomic E-state index is 0.139. The Morgan fingerprint density at radius 3 is 2.30 bits per heavy atom. The third kappa shape index (κ3) is 5.60. The molecule has 0 aliphatic carbocycles. The third-order valence-electron chi connectivity index (χ3n) is 3.95. The maximum absolute atomic E-state index is 11.2. The smallest absolute Gasteiger partial charge is 0.321 e. The summed E-state index contributed by atoms with van der Waals surface area (Å²) in [5.74, 6) is 0.314. The molecule has 27 heavy (non-hydrogen) atoms. The fraction of sp³-hybridized carbons (Fsp3) is 0.316. The predicted molar refractivity (Wildman–Crippen MR) is 102 cm³/mol. The van der Waals surface area contributed by atoms with Gasteiger partial charge in [-0.2, -0.15) is 0 Å². The van der Waals surface area contributed by atoms with Crippen molar-refractivity contribution in [1.29, 1.82) is 0 Å². The molecular formula is C19H21N3O5. The molecule has 0 aliphatic heterocycles. The predicted octanol–water partition coefficient (Wildman–Crippen LogP) is 5.03. The van der Waals surface area contributed by atoms with E-state index in [0.717, 1.165) is 29.7 Å². The van der Waals surface area contributed by atoms with Crippen molar-refractivity contribution in [1.82, 2.24) is 0 Å². The van der Waals surface area contributed by atoms with E-state index in [1.165, 1.54) is 6.07 Å². The van der Waals surface area contributed by atoms with Crippen molar-refractivity contribution in [3.63, 3.8) is 0 Å². The van der Waals surface area contributed by atoms with Gasteiger partial charge in [-0.15, -0.1) is 0 Å². The highest BCUT2D eigenvalue weighted by molar-refractivity contribution is 6.00. The van der Waals surface area contributed by atoms with Gasteiger partial charge in [0.05, 0.1) is 21.6 Å². The van der Waals surface area contributed by atoms with Crippen LogP contribution in [-0.2, 0) is 0 Å². The molecule has 2 rings (SSSR count). The Hall–Kier alpha value is -3.29. The minimum atomic E-state index is -0.725. The van der Waals surface area contributed by atoms with E-state index >= 15 is 0 Å². The van der Waals surface area contributed by atoms with Gasteiger partial charge in [0.15, 0.2) is 0 Å². The number of benzene rings is 2. The molecular weight excluding hydrogens is 350 g/mol. The van der Waals surface area contributed by atoms with Gasteiger partial charge in [-0.05, 0) is 37.3 Å². The molecule has 0 fully saturated rings. The number of rotatable bonds is 8. The highest BCUT2D eigenvalue weighted by Gasteiger charge is 2.21. The van der Waals surface area contributed by atoms with Gasteiger partial charge in [0.2, 0.25) is 5.75 Å². The minimum Gasteiger partial charge on any atom is -0.349 e. The second-order valence-corrected chi connectivity index (χ2v) is 6.59. The molecule has 8 nitrogen and oxygen atoms in total. The van der Waals surface area contributed by atoms with Crippen LogP contribution in [0.15, 0.2) is 47.6 Å². The Morgan fingerprint density at radius 1 is 1.07 bits per heavy atom. The molecule has 0 spiro atoms. The summed E-state index contributed by atoms with van der Waals surface area (Å²) in [6.45, 7) is 6.16. The van der Waals surface area contributed by atoms with Crippen molar-refractivity contribution in [2.45, 2.75) is 33.6 Å². The Labute approximate surface area is 156 Å². The standard InChI is InChI=1S/C19H21N3O5/c1-13(2)4-10-17(15-7-5-14(3)6-8-15)20-27-19-11-9-16(21(23)24)12-18(19)22(25)26/h5-9,11-13H,4,10H2,1-3H3/b20-17+. The van der Waals surface area contributed by atoms with E-state index in [4.69, 9.17) is 4.84 Å². The Bertz CT molecular complexity index is 860. The summed E-state index contributed by atoms with van der Waals surface area (Å²) < 4.78 is 0. The van der Waals surface area contributed by atoms with Crippen molar-refractivity contribution in [3.05, 3.63) is 73.8 Å². The van der Waals surface area contributed by atoms with Crippen molar-refractivity contribution < 1.29 is 14.7 Å². The van der Waals surface area contributed by atoms with Gasteiger partial charge >= 0.3 is 5.69 Å². The van der Waals surface area contributed by atoms with Crippen LogP contribution in [0.2, 0.25) is 0 Å². The average molecular weight is 371 g/mol. The molecule has 0 saturated heterocycles. The van der Waals surface area contributed by atoms with E-state index < -0.39 is 15.5 Å². The van der Waals surface area contributed by atoms with E-state index in [0.29, 0.717) is 18.1 Å². The molecule has 0 amide bonds. The average Bonchev–Trinajstić information content (AvgIpc) is 2.62. The van der Waals surface area contributed by atoms with E-state index in [1.807, 2.05) is 31.2 Å². The van der Waals surface area contributed by atoms with Gasteiger partial charge in [-0.25, -0.2) is 0 Å². The highest BCUT2D eigenvalue weighted by Crippen LogP contribution is 2.31. The summed E-state index contributed by atoms with van der Waals surface area (Å²) in [6, 6.07) is 10.9. The van der Waals surface area contributed by atoms with Gasteiger partial charge in [-0.1, -0.05) is 48.8 Å². The first-order chi connectivity index (χ1) is 12.8. The summed E-state index contributed by atoms with van der Waals surface area (Å²) >= 11 is 0. The molecule has 0 radical (unpaired) electrons. The highest BCUT2D eigenvalue weighted by atomic mass is 16.7. The zero-order valence-electron chi connectivity index (χ0n) is 15.4. The molecule has 0 heterocycles. The van der Waals surface area contributed by atoms with Gasteiger partial charge in [0.1, 0.15) is 0 Å². The zero-order valence-corrected chi connectivity index (χ0v) is 15.4. The number of nitro groups is 2. The van der Waals surface area contributed by atoms with Crippen LogP contribution < -0.4 is 4.84 Å². The molecule has 0 saturated carbocycles. The zero-order chi connectivity index (χ0) is 20.0. The lowest BCUT2D eigenvalue weighted by atomic mass is 10.00. The van der Waals surface area contributed by atoms with Gasteiger partial charge in [0.25, 0.3) is 5.69 Å². The molecule has 2 aromatic carbocycles. The lowest BCUT2D eigenvalue weighted by Gasteiger charge is -2.09. The van der Waals surface area contributed by atoms with Gasteiger partial charge < -0.3 is 4.84 Å². The van der Waals surface area contributed by atoms with Crippen molar-refractivity contribution in [2.24, 2.45) is 11.1 Å². The molecule has 142 valence electrons. The second-order valence-electron chi connectivity index (χ2n) is 6.59. The topological polar surface area (TPSA) is 108 Å². The lowest BCUT2D eigenvalue weighted by molar-refractivity contribution is -0.394. The van der Waals surface area contributed by atoms with Crippen molar-refractivity contribution in [3.8, 4) is 5.75 Å². The number of nitro benzene ring substituents is 2. The van der Waals surface area contributed by atoms with Crippen LogP contribution >= 0.6 is 0 Å². The van der Waals surface area contributed by atoms with E-state index in [-0.39, 0.29) is 11.4 Å². The molecule has 8 heteroatoms. The fourth-order valence-electron chi connectivity index (χ4n) is 2.36. The quantitative estimate of drug-likeness (QED) is 0.367. The molecule has 2 aromatic rings. The second kappa shape index (κ2) is 8.88. The Balaban J connectivity index is 2.35. The summed E-state index contributed by atoms with van der Waals surface area (Å²) in [5, 5.41) is 26.2. The van der Waals surface area contributed by atoms with Crippen LogP contribution in [0.5, 0.6) is 5.75 Å². The normalized spacial score (nSPS) is 11.5. The molecule has 0 aliphatic rings. The number of non-ortho nitro benzene ring substituents is 1. The summed E-state index contributed by atoms with van der Waals surface area (Å²) in [4.78, 5) is 26.0. The Morgan fingerprint density at radius 2 is 1.74 bits per heavy atom. The molecule has 0 unspecified atom stereocenters. The summed E-state index contributed by atoms with van der Waals surface area (Å²) in [5.41, 5.74) is 1.76. The number of hydrogen-bond acceptors (Lipinski definition) is 6. The van der Waals surface area contributed by atoms with Crippen LogP contribution in [0.25, 0.3) is 0 Å². The van der Waals surface area contributed by atoms with Crippen LogP contribution in [0.4, 0.5) is 11.4 Å². The molecule has 0 N–H and O–H groups in total. The van der Waals surface area contributed by atoms with Crippen molar-refractivity contribution in [2.75, 3.05) is 0 Å². The lowest BCUT2D eigenvalue weighted by Crippen LogP contribution is -2.06. The first-order valence-corrected chi connectivity index (χ1v) is 8.51. The van der Waals surface area contributed by atoms with Crippen LogP contribution in [-0.4, -0.2) is 15.6 Å². The number of oxime groups is 1. The molecule has 0 bridgehead atoms. The monoisotopic (exact) mass is 371 g/mol. The van der Waals surface area contributed by atoms with E-state index in [2.05, 4.69) is 19.0 Å². The maximum Gasteiger partial charge on any atom is 0.321 e. The van der Waals surface area contributed by atoms with Gasteiger partial charge in [0, 0.05) is 6.07 Å². The largest absolute Gasteiger partial charge is 0.349 e. The van der Waals surface area contributed by atoms with Gasteiger partial charge in [-0.3, -0.25) is 20.2 Å². The number of nitrogens with zero attached hydrogens (tertiary/aromatic N) is 3. The fourth-order valence-corrected chi connectivity index (χ4v) is 2.36. The Kier molecular flexibility index (Phi) is 6.59. The maximum atomic E-state index is 11.2. The molecule has 0 aromatic heterocycles. The van der Waals surface area contributed by atoms with E-state index in [1.54, 1.807) is 0 Å². The van der Waals surface area contributed by atoms with Crippen molar-refractivity contribution >= 4 is 17.1 Å². The summed E-state index contributed by atoms with van der Waals surface area (Å²) in [7, 11) is 0. The van der Waals surface area contributed by atoms with E-state index in [9.17, 15) is 20.2 Å². The van der Waals surface area contributed by atoms with Crippen LogP contribution in [0.1, 0.15) is 37.8 Å². The third-order valence-corrected chi connectivity index (χ3v) is 3.95. The number of hydrogen-bond donors (Lipinski definition) is 0. The number of aryl methyl sites for hydroxylation is 1. The first-order valence-electron chi connectivity index (χ1n) is 8.51. The van der Waals surface area contributed by atoms with Crippen LogP contribution in [0.3, 0.4) is 0 Å². The first kappa shape index (κ1) is 20.0. The molecule has 0 atom stereocenters. The summed E-state index contributed by atoms with van der Waals surface area (Å²) in [6.07, 6.45) is 1.51. The SMILES string of the molecule is Cc1ccc(/C(CCC(C)C)=N/Oc2ccc([N+](=O)[O-])cc2[N+](=O)[O-])cc1.